The van der Waals surface area contributed by atoms with Crippen LogP contribution in [0.5, 0.6) is 0 Å². The van der Waals surface area contributed by atoms with Crippen molar-refractivity contribution in [1.29, 1.82) is 0 Å². The molecule has 0 bridgehead atoms. The molecule has 7 heteroatoms. The Bertz CT molecular complexity index is 576. The van der Waals surface area contributed by atoms with Gasteiger partial charge in [0.25, 0.3) is 0 Å². The topological polar surface area (TPSA) is 93.8 Å². The average molecular weight is 231 g/mol. The zero-order chi connectivity index (χ0) is 11.8. The van der Waals surface area contributed by atoms with E-state index >= 15 is 0 Å². The van der Waals surface area contributed by atoms with Crippen molar-refractivity contribution in [3.8, 4) is 5.69 Å². The van der Waals surface area contributed by atoms with Crippen LogP contribution in [-0.4, -0.2) is 36.3 Å². The van der Waals surface area contributed by atoms with Crippen molar-refractivity contribution in [3.05, 3.63) is 29.8 Å². The van der Waals surface area contributed by atoms with Gasteiger partial charge in [0, 0.05) is 12.1 Å². The summed E-state index contributed by atoms with van der Waals surface area (Å²) in [7, 11) is 0. The third kappa shape index (κ3) is 1.75. The number of tetrazole rings is 1. The largest absolute Gasteiger partial charge is 0.478 e. The fourth-order valence-electron chi connectivity index (χ4n) is 1.63. The first-order valence-corrected chi connectivity index (χ1v) is 5.22. The number of carbonyl (C=O) groups is 1. The number of nitrogens with zero attached hydrogens (tertiary/aromatic N) is 5. The monoisotopic (exact) mass is 231 g/mol. The van der Waals surface area contributed by atoms with Gasteiger partial charge >= 0.3 is 5.97 Å². The maximum absolute atomic E-state index is 10.9. The number of aromatic carboxylic acids is 1. The lowest BCUT2D eigenvalue weighted by Gasteiger charge is -2.03. The number of rotatable bonds is 3. The molecule has 1 fully saturated rings. The number of carboxylic acids is 1. The van der Waals surface area contributed by atoms with Crippen molar-refractivity contribution in [2.45, 2.75) is 18.8 Å². The van der Waals surface area contributed by atoms with Crippen molar-refractivity contribution in [2.24, 2.45) is 0 Å². The van der Waals surface area contributed by atoms with E-state index in [0.29, 0.717) is 11.6 Å². The van der Waals surface area contributed by atoms with Crippen LogP contribution < -0.4 is 0 Å². The Labute approximate surface area is 96.1 Å². The minimum absolute atomic E-state index is 0.125. The fourth-order valence-corrected chi connectivity index (χ4v) is 1.63. The van der Waals surface area contributed by atoms with Gasteiger partial charge in [-0.3, -0.25) is 4.98 Å². The van der Waals surface area contributed by atoms with Crippen LogP contribution in [0.3, 0.4) is 0 Å². The molecule has 86 valence electrons. The van der Waals surface area contributed by atoms with Crippen LogP contribution in [0.2, 0.25) is 0 Å². The SMILES string of the molecule is O=C(O)c1cncc(-n2nnnc2C2CC2)c1. The van der Waals surface area contributed by atoms with E-state index in [9.17, 15) is 4.79 Å². The lowest BCUT2D eigenvalue weighted by Crippen LogP contribution is -2.05. The summed E-state index contributed by atoms with van der Waals surface area (Å²) >= 11 is 0. The van der Waals surface area contributed by atoms with E-state index in [4.69, 9.17) is 5.11 Å². The highest BCUT2D eigenvalue weighted by Crippen LogP contribution is 2.39. The quantitative estimate of drug-likeness (QED) is 0.832. The molecule has 2 heterocycles. The minimum atomic E-state index is -1.01. The Morgan fingerprint density at radius 2 is 2.24 bits per heavy atom. The maximum atomic E-state index is 10.9. The van der Waals surface area contributed by atoms with Crippen LogP contribution in [-0.2, 0) is 0 Å². The lowest BCUT2D eigenvalue weighted by molar-refractivity contribution is 0.0696. The first-order chi connectivity index (χ1) is 8.25. The third-order valence-corrected chi connectivity index (χ3v) is 2.65. The van der Waals surface area contributed by atoms with Crippen LogP contribution in [0.25, 0.3) is 5.69 Å². The smallest absolute Gasteiger partial charge is 0.337 e. The Hall–Kier alpha value is -2.31. The van der Waals surface area contributed by atoms with Gasteiger partial charge in [-0.2, -0.15) is 4.68 Å². The van der Waals surface area contributed by atoms with Crippen molar-refractivity contribution in [1.82, 2.24) is 25.2 Å². The highest BCUT2D eigenvalue weighted by molar-refractivity contribution is 5.87. The van der Waals surface area contributed by atoms with Gasteiger partial charge in [0.05, 0.1) is 17.4 Å². The molecule has 17 heavy (non-hydrogen) atoms. The summed E-state index contributed by atoms with van der Waals surface area (Å²) in [4.78, 5) is 14.7. The molecule has 3 rings (SSSR count). The standard InChI is InChI=1S/C10H9N5O2/c16-10(17)7-3-8(5-11-4-7)15-9(6-1-2-6)12-13-14-15/h3-6H,1-2H2,(H,16,17). The van der Waals surface area contributed by atoms with E-state index in [2.05, 4.69) is 20.5 Å². The molecular formula is C10H9N5O2. The van der Waals surface area contributed by atoms with E-state index in [1.165, 1.54) is 12.3 Å². The van der Waals surface area contributed by atoms with E-state index < -0.39 is 5.97 Å². The minimum Gasteiger partial charge on any atom is -0.478 e. The number of hydrogen-bond donors (Lipinski definition) is 1. The van der Waals surface area contributed by atoms with Gasteiger partial charge in [-0.25, -0.2) is 4.79 Å². The molecule has 0 radical (unpaired) electrons. The fraction of sp³-hybridized carbons (Fsp3) is 0.300. The van der Waals surface area contributed by atoms with E-state index in [1.807, 2.05) is 0 Å². The van der Waals surface area contributed by atoms with Gasteiger partial charge in [-0.05, 0) is 29.3 Å². The highest BCUT2D eigenvalue weighted by atomic mass is 16.4. The number of aromatic nitrogens is 5. The summed E-state index contributed by atoms with van der Waals surface area (Å²) in [6.45, 7) is 0. The molecule has 0 aliphatic heterocycles. The van der Waals surface area contributed by atoms with Gasteiger partial charge in [0.15, 0.2) is 5.82 Å². The zero-order valence-corrected chi connectivity index (χ0v) is 8.82. The van der Waals surface area contributed by atoms with Crippen molar-refractivity contribution >= 4 is 5.97 Å². The van der Waals surface area contributed by atoms with Crippen LogP contribution in [0.4, 0.5) is 0 Å². The molecule has 1 aliphatic carbocycles. The predicted molar refractivity (Wildman–Crippen MR) is 55.9 cm³/mol. The van der Waals surface area contributed by atoms with Gasteiger partial charge in [-0.15, -0.1) is 5.10 Å². The van der Waals surface area contributed by atoms with Gasteiger partial charge in [0.1, 0.15) is 0 Å². The van der Waals surface area contributed by atoms with Gasteiger partial charge < -0.3 is 5.11 Å². The number of carboxylic acid groups (broad SMARTS) is 1. The van der Waals surface area contributed by atoms with E-state index in [0.717, 1.165) is 18.7 Å². The second-order valence-electron chi connectivity index (χ2n) is 3.96. The predicted octanol–water partition coefficient (Wildman–Crippen LogP) is 0.633. The molecule has 0 atom stereocenters. The molecule has 0 amide bonds. The molecule has 2 aromatic rings. The van der Waals surface area contributed by atoms with Crippen molar-refractivity contribution in [2.75, 3.05) is 0 Å². The second kappa shape index (κ2) is 3.62. The summed E-state index contributed by atoms with van der Waals surface area (Å²) in [5.74, 6) is 0.146. The normalized spacial score (nSPS) is 14.8. The van der Waals surface area contributed by atoms with Gasteiger partial charge in [-0.1, -0.05) is 0 Å². The van der Waals surface area contributed by atoms with Crippen molar-refractivity contribution in [3.63, 3.8) is 0 Å². The summed E-state index contributed by atoms with van der Waals surface area (Å²) < 4.78 is 1.55. The second-order valence-corrected chi connectivity index (χ2v) is 3.96. The highest BCUT2D eigenvalue weighted by Gasteiger charge is 2.30. The van der Waals surface area contributed by atoms with Crippen LogP contribution in [0.1, 0.15) is 34.9 Å². The Balaban J connectivity index is 2.05. The summed E-state index contributed by atoms with van der Waals surface area (Å²) in [6, 6.07) is 1.51. The van der Waals surface area contributed by atoms with E-state index in [1.54, 1.807) is 10.9 Å². The van der Waals surface area contributed by atoms with Gasteiger partial charge in [0.2, 0.25) is 0 Å². The lowest BCUT2D eigenvalue weighted by atomic mass is 10.2. The van der Waals surface area contributed by atoms with Crippen molar-refractivity contribution < 1.29 is 9.90 Å². The van der Waals surface area contributed by atoms with Crippen LogP contribution >= 0.6 is 0 Å². The third-order valence-electron chi connectivity index (χ3n) is 2.65. The summed E-state index contributed by atoms with van der Waals surface area (Å²) in [6.07, 6.45) is 5.00. The van der Waals surface area contributed by atoms with Crippen LogP contribution in [0.15, 0.2) is 18.5 Å². The number of pyridine rings is 1. The Kier molecular flexibility index (Phi) is 2.10. The molecule has 2 aromatic heterocycles. The molecular weight excluding hydrogens is 222 g/mol. The van der Waals surface area contributed by atoms with E-state index in [-0.39, 0.29) is 5.56 Å². The zero-order valence-electron chi connectivity index (χ0n) is 8.82. The average Bonchev–Trinajstić information content (AvgIpc) is 3.07. The van der Waals surface area contributed by atoms with Crippen LogP contribution in [0, 0.1) is 0 Å². The molecule has 1 saturated carbocycles. The Morgan fingerprint density at radius 3 is 2.94 bits per heavy atom. The summed E-state index contributed by atoms with van der Waals surface area (Å²) in [5, 5.41) is 20.3. The molecule has 0 unspecified atom stereocenters. The molecule has 0 aromatic carbocycles. The molecule has 0 saturated heterocycles. The molecule has 1 N–H and O–H groups in total. The Morgan fingerprint density at radius 1 is 1.41 bits per heavy atom. The molecule has 7 nitrogen and oxygen atoms in total. The first-order valence-electron chi connectivity index (χ1n) is 5.22. The summed E-state index contributed by atoms with van der Waals surface area (Å²) in [5.41, 5.74) is 0.705. The first kappa shape index (κ1) is 9.88. The molecule has 1 aliphatic rings. The maximum Gasteiger partial charge on any atom is 0.337 e. The molecule has 0 spiro atoms. The number of hydrogen-bond acceptors (Lipinski definition) is 5.